The van der Waals surface area contributed by atoms with Gasteiger partial charge in [-0.15, -0.1) is 0 Å². The van der Waals surface area contributed by atoms with Crippen LogP contribution in [-0.2, 0) is 19.5 Å². The van der Waals surface area contributed by atoms with Crippen molar-refractivity contribution in [2.24, 2.45) is 0 Å². The van der Waals surface area contributed by atoms with Gasteiger partial charge in [0.25, 0.3) is 0 Å². The normalized spacial score (nSPS) is 7.18. The van der Waals surface area contributed by atoms with Crippen molar-refractivity contribution in [3.63, 3.8) is 0 Å². The fraction of sp³-hybridized carbons (Fsp3) is 0.700. The Morgan fingerprint density at radius 3 is 2.09 bits per heavy atom. The first-order chi connectivity index (χ1) is 4.91. The minimum absolute atomic E-state index is 0. The fourth-order valence-corrected chi connectivity index (χ4v) is 0.689. The predicted molar refractivity (Wildman–Crippen MR) is 48.7 cm³/mol. The van der Waals surface area contributed by atoms with Crippen molar-refractivity contribution in [1.29, 1.82) is 0 Å². The Morgan fingerprint density at radius 1 is 1.18 bits per heavy atom. The summed E-state index contributed by atoms with van der Waals surface area (Å²) in [7, 11) is 0. The molecule has 11 heavy (non-hydrogen) atoms. The quantitative estimate of drug-likeness (QED) is 0.364. The van der Waals surface area contributed by atoms with E-state index in [-0.39, 0.29) is 19.5 Å². The monoisotopic (exact) mass is 204 g/mol. The SMILES string of the molecule is [CH-]=CCCCCCC.[CH2-]C.[Zn+2]. The van der Waals surface area contributed by atoms with Crippen LogP contribution in [0.15, 0.2) is 6.08 Å². The zero-order chi connectivity index (χ0) is 8.24. The summed E-state index contributed by atoms with van der Waals surface area (Å²) in [5.74, 6) is 0. The minimum atomic E-state index is 0. The minimum Gasteiger partial charge on any atom is -0.518 e. The van der Waals surface area contributed by atoms with Crippen molar-refractivity contribution in [1.82, 2.24) is 0 Å². The first kappa shape index (κ1) is 17.4. The molecule has 0 saturated heterocycles. The summed E-state index contributed by atoms with van der Waals surface area (Å²) in [5, 5.41) is 0. The molecule has 1 heteroatoms. The Hall–Kier alpha value is 0.363. The van der Waals surface area contributed by atoms with E-state index >= 15 is 0 Å². The van der Waals surface area contributed by atoms with Gasteiger partial charge in [0.15, 0.2) is 0 Å². The molecule has 62 valence electrons. The predicted octanol–water partition coefficient (Wildman–Crippen LogP) is 3.78. The summed E-state index contributed by atoms with van der Waals surface area (Å²) >= 11 is 0. The number of allylic oxidation sites excluding steroid dienone is 1. The largest absolute Gasteiger partial charge is 2.00 e. The smallest absolute Gasteiger partial charge is 0.518 e. The first-order valence-corrected chi connectivity index (χ1v) is 4.16. The van der Waals surface area contributed by atoms with Crippen LogP contribution in [0.2, 0.25) is 0 Å². The fourth-order valence-electron chi connectivity index (χ4n) is 0.689. The van der Waals surface area contributed by atoms with Gasteiger partial charge in [-0.25, -0.2) is 0 Å². The Kier molecular flexibility index (Phi) is 35.6. The third-order valence-electron chi connectivity index (χ3n) is 1.22. The van der Waals surface area contributed by atoms with E-state index in [1.54, 1.807) is 13.0 Å². The molecule has 0 radical (unpaired) electrons. The molecule has 0 nitrogen and oxygen atoms in total. The van der Waals surface area contributed by atoms with Gasteiger partial charge >= 0.3 is 19.5 Å². The molecule has 0 aromatic rings. The van der Waals surface area contributed by atoms with Crippen molar-refractivity contribution in [3.8, 4) is 0 Å². The van der Waals surface area contributed by atoms with Crippen LogP contribution in [0.4, 0.5) is 0 Å². The summed E-state index contributed by atoms with van der Waals surface area (Å²) in [6, 6.07) is 0. The molecule has 0 N–H and O–H groups in total. The van der Waals surface area contributed by atoms with Crippen LogP contribution < -0.4 is 0 Å². The zero-order valence-electron chi connectivity index (χ0n) is 8.10. The Morgan fingerprint density at radius 2 is 1.73 bits per heavy atom. The molecule has 0 aromatic heterocycles. The van der Waals surface area contributed by atoms with E-state index in [2.05, 4.69) is 13.8 Å². The molecule has 0 atom stereocenters. The number of hydrogen-bond acceptors (Lipinski definition) is 0. The molecule has 0 saturated carbocycles. The maximum atomic E-state index is 5.19. The standard InChI is InChI=1S/C8H15.C2H5.Zn/c1-3-5-7-8-6-4-2;1-2;/h1,3H,4-8H2,2H3;1H2,2H3;/q2*-1;+2. The van der Waals surface area contributed by atoms with Crippen LogP contribution >= 0.6 is 0 Å². The number of unbranched alkanes of at least 4 members (excludes halogenated alkanes) is 4. The van der Waals surface area contributed by atoms with Crippen LogP contribution in [0.1, 0.15) is 46.0 Å². The molecule has 0 heterocycles. The first-order valence-electron chi connectivity index (χ1n) is 4.16. The Labute approximate surface area is 85.2 Å². The van der Waals surface area contributed by atoms with E-state index in [1.165, 1.54) is 25.7 Å². The molecule has 0 rings (SSSR count). The van der Waals surface area contributed by atoms with Crippen molar-refractivity contribution in [3.05, 3.63) is 19.6 Å². The summed E-state index contributed by atoms with van der Waals surface area (Å²) in [6.07, 6.45) is 8.10. The van der Waals surface area contributed by atoms with Crippen LogP contribution in [-0.4, -0.2) is 0 Å². The molecular weight excluding hydrogens is 185 g/mol. The maximum Gasteiger partial charge on any atom is 2.00 e. The van der Waals surface area contributed by atoms with Gasteiger partial charge in [0.2, 0.25) is 0 Å². The van der Waals surface area contributed by atoms with E-state index in [0.29, 0.717) is 0 Å². The molecule has 0 aliphatic heterocycles. The topological polar surface area (TPSA) is 0 Å². The van der Waals surface area contributed by atoms with E-state index < -0.39 is 0 Å². The van der Waals surface area contributed by atoms with Crippen LogP contribution in [0, 0.1) is 13.5 Å². The summed E-state index contributed by atoms with van der Waals surface area (Å²) in [4.78, 5) is 0. The molecule has 0 unspecified atom stereocenters. The van der Waals surface area contributed by atoms with Gasteiger partial charge in [-0.1, -0.05) is 39.0 Å². The average molecular weight is 206 g/mol. The van der Waals surface area contributed by atoms with Gasteiger partial charge in [0.1, 0.15) is 0 Å². The second kappa shape index (κ2) is 22.4. The van der Waals surface area contributed by atoms with Crippen LogP contribution in [0.5, 0.6) is 0 Å². The molecule has 0 amide bonds. The zero-order valence-corrected chi connectivity index (χ0v) is 11.1. The van der Waals surface area contributed by atoms with Crippen molar-refractivity contribution < 1.29 is 19.5 Å². The van der Waals surface area contributed by atoms with Gasteiger partial charge in [0, 0.05) is 0 Å². The van der Waals surface area contributed by atoms with Gasteiger partial charge < -0.3 is 13.5 Å². The molecule has 0 aromatic carbocycles. The molecule has 0 bridgehead atoms. The Bertz CT molecular complexity index is 50.8. The van der Waals surface area contributed by atoms with E-state index in [4.69, 9.17) is 6.58 Å². The molecule has 0 aliphatic carbocycles. The maximum absolute atomic E-state index is 5.19. The Balaban J connectivity index is -0.000000196. The summed E-state index contributed by atoms with van der Waals surface area (Å²) < 4.78 is 0. The second-order valence-electron chi connectivity index (χ2n) is 2.09. The molecule has 0 spiro atoms. The third-order valence-corrected chi connectivity index (χ3v) is 1.22. The van der Waals surface area contributed by atoms with Crippen molar-refractivity contribution >= 4 is 0 Å². The van der Waals surface area contributed by atoms with Gasteiger partial charge in [-0.2, -0.15) is 6.92 Å². The van der Waals surface area contributed by atoms with Gasteiger partial charge in [-0.3, -0.25) is 6.08 Å². The molecule has 0 aliphatic rings. The van der Waals surface area contributed by atoms with E-state index in [1.807, 2.05) is 0 Å². The average Bonchev–Trinajstić information content (AvgIpc) is 2.02. The molecular formula is C10H20Zn. The summed E-state index contributed by atoms with van der Waals surface area (Å²) in [5.41, 5.74) is 0. The van der Waals surface area contributed by atoms with Gasteiger partial charge in [-0.05, 0) is 0 Å². The van der Waals surface area contributed by atoms with Crippen molar-refractivity contribution in [2.45, 2.75) is 46.0 Å². The number of rotatable bonds is 5. The molecule has 0 fully saturated rings. The van der Waals surface area contributed by atoms with E-state index in [9.17, 15) is 0 Å². The van der Waals surface area contributed by atoms with E-state index in [0.717, 1.165) is 6.42 Å². The second-order valence-corrected chi connectivity index (χ2v) is 2.09. The summed E-state index contributed by atoms with van der Waals surface area (Å²) in [6.45, 7) is 12.4. The number of hydrogen-bond donors (Lipinski definition) is 0. The van der Waals surface area contributed by atoms with Crippen molar-refractivity contribution in [2.75, 3.05) is 0 Å². The third kappa shape index (κ3) is 25.2. The van der Waals surface area contributed by atoms with Crippen LogP contribution in [0.3, 0.4) is 0 Å². The van der Waals surface area contributed by atoms with Gasteiger partial charge in [0.05, 0.1) is 0 Å². The van der Waals surface area contributed by atoms with Crippen LogP contribution in [0.25, 0.3) is 0 Å².